The standard InChI is InChI=1S/C19H27F3N6O/c1-13-3-5-28(12-13)17(29)15-10-14(11-24-15)26-6-8-27(9-7-26)16-2-4-23-18(25-16)19(20,21)22/h2,4,13-15,24H,3,5-12H2,1H3/t13?,14-,15-/m0/s1. The fourth-order valence-corrected chi connectivity index (χ4v) is 4.52. The minimum Gasteiger partial charge on any atom is -0.354 e. The first-order valence-electron chi connectivity index (χ1n) is 10.2. The second-order valence-corrected chi connectivity index (χ2v) is 8.29. The number of carbonyl (C=O) groups excluding carboxylic acids is 1. The van der Waals surface area contributed by atoms with Gasteiger partial charge in [0.15, 0.2) is 0 Å². The number of amides is 1. The van der Waals surface area contributed by atoms with Crippen LogP contribution in [0.15, 0.2) is 12.3 Å². The maximum absolute atomic E-state index is 12.8. The van der Waals surface area contributed by atoms with Gasteiger partial charge in [-0.1, -0.05) is 6.92 Å². The van der Waals surface area contributed by atoms with Gasteiger partial charge in [0.05, 0.1) is 6.04 Å². The molecule has 1 amide bonds. The van der Waals surface area contributed by atoms with Gasteiger partial charge in [0.25, 0.3) is 0 Å². The van der Waals surface area contributed by atoms with Crippen LogP contribution < -0.4 is 10.2 Å². The van der Waals surface area contributed by atoms with E-state index in [1.54, 1.807) is 0 Å². The molecule has 1 unspecified atom stereocenters. The maximum atomic E-state index is 12.8. The zero-order chi connectivity index (χ0) is 20.6. The number of hydrogen-bond donors (Lipinski definition) is 1. The van der Waals surface area contributed by atoms with Gasteiger partial charge < -0.3 is 15.1 Å². The SMILES string of the molecule is CC1CCN(C(=O)[C@@H]2C[C@H](N3CCN(c4ccnc(C(F)(F)F)n4)CC3)CN2)C1. The molecule has 7 nitrogen and oxygen atoms in total. The number of nitrogens with zero attached hydrogens (tertiary/aromatic N) is 5. The molecule has 3 fully saturated rings. The number of rotatable bonds is 3. The molecule has 1 aromatic rings. The predicted molar refractivity (Wildman–Crippen MR) is 101 cm³/mol. The highest BCUT2D eigenvalue weighted by Gasteiger charge is 2.38. The summed E-state index contributed by atoms with van der Waals surface area (Å²) in [7, 11) is 0. The normalized spacial score (nSPS) is 28.9. The summed E-state index contributed by atoms with van der Waals surface area (Å²) in [6.07, 6.45) is -1.52. The lowest BCUT2D eigenvalue weighted by molar-refractivity contribution is -0.144. The number of piperazine rings is 1. The third-order valence-corrected chi connectivity index (χ3v) is 6.19. The van der Waals surface area contributed by atoms with E-state index in [1.807, 2.05) is 9.80 Å². The molecule has 3 aliphatic heterocycles. The van der Waals surface area contributed by atoms with E-state index in [-0.39, 0.29) is 18.0 Å². The second-order valence-electron chi connectivity index (χ2n) is 8.29. The molecule has 4 rings (SSSR count). The van der Waals surface area contributed by atoms with Crippen molar-refractivity contribution < 1.29 is 18.0 Å². The summed E-state index contributed by atoms with van der Waals surface area (Å²) in [6.45, 7) is 7.32. The molecule has 29 heavy (non-hydrogen) atoms. The van der Waals surface area contributed by atoms with E-state index in [9.17, 15) is 18.0 Å². The summed E-state index contributed by atoms with van der Waals surface area (Å²) in [5.41, 5.74) is 0. The Kier molecular flexibility index (Phi) is 5.65. The number of carbonyl (C=O) groups is 1. The molecular formula is C19H27F3N6O. The molecule has 3 aliphatic rings. The van der Waals surface area contributed by atoms with Crippen molar-refractivity contribution in [3.63, 3.8) is 0 Å². The van der Waals surface area contributed by atoms with E-state index in [0.717, 1.165) is 51.8 Å². The number of likely N-dealkylation sites (tertiary alicyclic amines) is 1. The van der Waals surface area contributed by atoms with E-state index in [2.05, 4.69) is 27.1 Å². The van der Waals surface area contributed by atoms with E-state index >= 15 is 0 Å². The van der Waals surface area contributed by atoms with Crippen LogP contribution >= 0.6 is 0 Å². The van der Waals surface area contributed by atoms with Gasteiger partial charge in [0, 0.05) is 58.1 Å². The first kappa shape index (κ1) is 20.3. The third-order valence-electron chi connectivity index (χ3n) is 6.19. The van der Waals surface area contributed by atoms with Crippen LogP contribution in [0.4, 0.5) is 19.0 Å². The highest BCUT2D eigenvalue weighted by Crippen LogP contribution is 2.28. The number of anilines is 1. The first-order valence-corrected chi connectivity index (χ1v) is 10.2. The molecule has 1 N–H and O–H groups in total. The molecule has 3 atom stereocenters. The van der Waals surface area contributed by atoms with E-state index in [0.29, 0.717) is 24.8 Å². The van der Waals surface area contributed by atoms with Crippen LogP contribution in [0.3, 0.4) is 0 Å². The Morgan fingerprint density at radius 3 is 2.62 bits per heavy atom. The fraction of sp³-hybridized carbons (Fsp3) is 0.737. The first-order chi connectivity index (χ1) is 13.8. The predicted octanol–water partition coefficient (Wildman–Crippen LogP) is 1.22. The van der Waals surface area contributed by atoms with Gasteiger partial charge in [-0.2, -0.15) is 13.2 Å². The highest BCUT2D eigenvalue weighted by molar-refractivity contribution is 5.82. The average molecular weight is 412 g/mol. The van der Waals surface area contributed by atoms with Gasteiger partial charge in [0.1, 0.15) is 5.82 Å². The highest BCUT2D eigenvalue weighted by atomic mass is 19.4. The Bertz CT molecular complexity index is 737. The molecule has 0 aromatic carbocycles. The van der Waals surface area contributed by atoms with Gasteiger partial charge >= 0.3 is 6.18 Å². The van der Waals surface area contributed by atoms with E-state index < -0.39 is 12.0 Å². The van der Waals surface area contributed by atoms with Crippen LogP contribution in [0.25, 0.3) is 0 Å². The molecule has 0 aliphatic carbocycles. The van der Waals surface area contributed by atoms with Crippen molar-refractivity contribution in [2.75, 3.05) is 50.7 Å². The zero-order valence-electron chi connectivity index (χ0n) is 16.5. The summed E-state index contributed by atoms with van der Waals surface area (Å²) in [6, 6.07) is 1.68. The van der Waals surface area contributed by atoms with Crippen molar-refractivity contribution >= 4 is 11.7 Å². The number of nitrogens with one attached hydrogen (secondary N) is 1. The minimum absolute atomic E-state index is 0.125. The fourth-order valence-electron chi connectivity index (χ4n) is 4.52. The van der Waals surface area contributed by atoms with Crippen molar-refractivity contribution in [2.45, 2.75) is 38.0 Å². The molecule has 0 saturated carbocycles. The topological polar surface area (TPSA) is 64.6 Å². The summed E-state index contributed by atoms with van der Waals surface area (Å²) >= 11 is 0. The lowest BCUT2D eigenvalue weighted by Gasteiger charge is -2.38. The molecule has 0 bridgehead atoms. The Labute approximate surface area is 168 Å². The summed E-state index contributed by atoms with van der Waals surface area (Å²) in [5.74, 6) is -0.0113. The Hall–Kier alpha value is -1.94. The quantitative estimate of drug-likeness (QED) is 0.806. The average Bonchev–Trinajstić information content (AvgIpc) is 3.36. The molecule has 160 valence electrons. The van der Waals surface area contributed by atoms with Crippen molar-refractivity contribution in [1.82, 2.24) is 25.1 Å². The summed E-state index contributed by atoms with van der Waals surface area (Å²) in [4.78, 5) is 25.9. The number of aromatic nitrogens is 2. The molecule has 3 saturated heterocycles. The lowest BCUT2D eigenvalue weighted by Crippen LogP contribution is -2.51. The number of halogens is 3. The van der Waals surface area contributed by atoms with Gasteiger partial charge in [-0.05, 0) is 24.8 Å². The largest absolute Gasteiger partial charge is 0.451 e. The third kappa shape index (κ3) is 4.48. The lowest BCUT2D eigenvalue weighted by atomic mass is 10.1. The van der Waals surface area contributed by atoms with Crippen LogP contribution in [0, 0.1) is 5.92 Å². The monoisotopic (exact) mass is 412 g/mol. The molecule has 0 radical (unpaired) electrons. The van der Waals surface area contributed by atoms with Crippen molar-refractivity contribution in [1.29, 1.82) is 0 Å². The smallest absolute Gasteiger partial charge is 0.354 e. The van der Waals surface area contributed by atoms with Gasteiger partial charge in [-0.3, -0.25) is 9.69 Å². The second kappa shape index (κ2) is 8.06. The molecule has 0 spiro atoms. The van der Waals surface area contributed by atoms with Crippen LogP contribution in [0.1, 0.15) is 25.6 Å². The molecule has 10 heteroatoms. The molecule has 4 heterocycles. The van der Waals surface area contributed by atoms with Crippen LogP contribution in [-0.4, -0.2) is 83.6 Å². The Morgan fingerprint density at radius 2 is 1.97 bits per heavy atom. The van der Waals surface area contributed by atoms with E-state index in [4.69, 9.17) is 0 Å². The number of hydrogen-bond acceptors (Lipinski definition) is 6. The molecular weight excluding hydrogens is 385 g/mol. The molecule has 1 aromatic heterocycles. The van der Waals surface area contributed by atoms with Crippen molar-refractivity contribution in [3.8, 4) is 0 Å². The Balaban J connectivity index is 1.30. The van der Waals surface area contributed by atoms with Crippen molar-refractivity contribution in [3.05, 3.63) is 18.1 Å². The van der Waals surface area contributed by atoms with Crippen molar-refractivity contribution in [2.24, 2.45) is 5.92 Å². The van der Waals surface area contributed by atoms with Crippen LogP contribution in [0.2, 0.25) is 0 Å². The van der Waals surface area contributed by atoms with Gasteiger partial charge in [-0.25, -0.2) is 9.97 Å². The van der Waals surface area contributed by atoms with Gasteiger partial charge in [-0.15, -0.1) is 0 Å². The van der Waals surface area contributed by atoms with Crippen LogP contribution in [0.5, 0.6) is 0 Å². The summed E-state index contributed by atoms with van der Waals surface area (Å²) < 4.78 is 38.5. The zero-order valence-corrected chi connectivity index (χ0v) is 16.5. The van der Waals surface area contributed by atoms with E-state index in [1.165, 1.54) is 6.07 Å². The Morgan fingerprint density at radius 1 is 1.21 bits per heavy atom. The minimum atomic E-state index is -4.54. The van der Waals surface area contributed by atoms with Crippen LogP contribution in [-0.2, 0) is 11.0 Å². The maximum Gasteiger partial charge on any atom is 0.451 e. The summed E-state index contributed by atoms with van der Waals surface area (Å²) in [5, 5.41) is 3.37. The number of alkyl halides is 3. The van der Waals surface area contributed by atoms with Gasteiger partial charge in [0.2, 0.25) is 11.7 Å².